The molecule has 0 aromatic heterocycles. The highest BCUT2D eigenvalue weighted by Crippen LogP contribution is 2.14. The number of carboxylic acids is 1. The lowest BCUT2D eigenvalue weighted by Crippen LogP contribution is -2.10. The summed E-state index contributed by atoms with van der Waals surface area (Å²) in [6.45, 7) is 3.50. The van der Waals surface area contributed by atoms with E-state index in [4.69, 9.17) is 15.6 Å². The Morgan fingerprint density at radius 1 is 1.08 bits per heavy atom. The van der Waals surface area contributed by atoms with Crippen LogP contribution in [-0.2, 0) is 9.53 Å². The van der Waals surface area contributed by atoms with Crippen LogP contribution in [0.5, 0.6) is 0 Å². The first-order valence-electron chi connectivity index (χ1n) is 7.47. The van der Waals surface area contributed by atoms with Crippen molar-refractivity contribution in [1.29, 1.82) is 0 Å². The first-order chi connectivity index (χ1) is 11.8. The molecule has 0 aliphatic heterocycles. The van der Waals surface area contributed by atoms with Gasteiger partial charge in [-0.2, -0.15) is 0 Å². The first-order valence-corrected chi connectivity index (χ1v) is 7.47. The SMILES string of the molecule is CC(=O)Nc1ccccc1C(=O)O.CCOC(=O)c1ccc(N)cc1. The summed E-state index contributed by atoms with van der Waals surface area (Å²) >= 11 is 0. The molecule has 0 heterocycles. The van der Waals surface area contributed by atoms with E-state index >= 15 is 0 Å². The minimum absolute atomic E-state index is 0.0951. The molecule has 2 aromatic carbocycles. The molecule has 0 aliphatic carbocycles. The highest BCUT2D eigenvalue weighted by molar-refractivity contribution is 5.99. The molecule has 7 heteroatoms. The summed E-state index contributed by atoms with van der Waals surface area (Å²) in [5.74, 6) is -1.64. The van der Waals surface area contributed by atoms with Gasteiger partial charge in [-0.15, -0.1) is 0 Å². The minimum atomic E-state index is -1.05. The lowest BCUT2D eigenvalue weighted by atomic mass is 10.2. The third kappa shape index (κ3) is 6.74. The lowest BCUT2D eigenvalue weighted by Gasteiger charge is -2.04. The van der Waals surface area contributed by atoms with Crippen molar-refractivity contribution in [3.05, 3.63) is 59.7 Å². The molecule has 0 radical (unpaired) electrons. The summed E-state index contributed by atoms with van der Waals surface area (Å²) in [4.78, 5) is 32.4. The maximum atomic E-state index is 11.1. The Balaban J connectivity index is 0.000000251. The monoisotopic (exact) mass is 344 g/mol. The molecule has 0 unspecified atom stereocenters. The van der Waals surface area contributed by atoms with Crippen LogP contribution in [-0.4, -0.2) is 29.6 Å². The number of hydrogen-bond acceptors (Lipinski definition) is 5. The lowest BCUT2D eigenvalue weighted by molar-refractivity contribution is -0.114. The van der Waals surface area contributed by atoms with Gasteiger partial charge in [-0.25, -0.2) is 9.59 Å². The van der Waals surface area contributed by atoms with Crippen molar-refractivity contribution in [2.24, 2.45) is 0 Å². The Labute approximate surface area is 145 Å². The summed E-state index contributed by atoms with van der Waals surface area (Å²) in [7, 11) is 0. The summed E-state index contributed by atoms with van der Waals surface area (Å²) in [6.07, 6.45) is 0. The highest BCUT2D eigenvalue weighted by Gasteiger charge is 2.08. The number of carbonyl (C=O) groups excluding carboxylic acids is 2. The quantitative estimate of drug-likeness (QED) is 0.580. The number of ether oxygens (including phenoxy) is 1. The molecule has 0 aliphatic rings. The maximum Gasteiger partial charge on any atom is 0.338 e. The normalized spacial score (nSPS) is 9.36. The Morgan fingerprint density at radius 3 is 2.20 bits per heavy atom. The minimum Gasteiger partial charge on any atom is -0.478 e. The molecule has 0 fully saturated rings. The van der Waals surface area contributed by atoms with Crippen LogP contribution >= 0.6 is 0 Å². The average Bonchev–Trinajstić information content (AvgIpc) is 2.56. The van der Waals surface area contributed by atoms with Crippen molar-refractivity contribution >= 4 is 29.2 Å². The number of esters is 1. The summed E-state index contributed by atoms with van der Waals surface area (Å²) in [5.41, 5.74) is 7.04. The standard InChI is InChI=1S/C9H9NO3.C9H11NO2/c1-6(11)10-8-5-3-2-4-7(8)9(12)13;1-2-12-9(11)7-3-5-8(10)6-4-7/h2-5H,1H3,(H,10,11)(H,12,13);3-6H,2,10H2,1H3. The molecular weight excluding hydrogens is 324 g/mol. The van der Waals surface area contributed by atoms with Crippen LogP contribution < -0.4 is 11.1 Å². The zero-order valence-electron chi connectivity index (χ0n) is 14.0. The summed E-state index contributed by atoms with van der Waals surface area (Å²) < 4.78 is 4.79. The van der Waals surface area contributed by atoms with E-state index in [0.717, 1.165) is 0 Å². The van der Waals surface area contributed by atoms with E-state index in [9.17, 15) is 14.4 Å². The number of hydrogen-bond donors (Lipinski definition) is 3. The van der Waals surface area contributed by atoms with Gasteiger partial charge in [0.1, 0.15) is 0 Å². The fraction of sp³-hybridized carbons (Fsp3) is 0.167. The van der Waals surface area contributed by atoms with Crippen molar-refractivity contribution in [1.82, 2.24) is 0 Å². The van der Waals surface area contributed by atoms with E-state index in [0.29, 0.717) is 23.5 Å². The van der Waals surface area contributed by atoms with Gasteiger partial charge < -0.3 is 20.9 Å². The van der Waals surface area contributed by atoms with Gasteiger partial charge in [-0.3, -0.25) is 4.79 Å². The maximum absolute atomic E-state index is 11.1. The smallest absolute Gasteiger partial charge is 0.338 e. The summed E-state index contributed by atoms with van der Waals surface area (Å²) in [6, 6.07) is 12.9. The highest BCUT2D eigenvalue weighted by atomic mass is 16.5. The fourth-order valence-corrected chi connectivity index (χ4v) is 1.80. The van der Waals surface area contributed by atoms with Crippen LogP contribution in [0.2, 0.25) is 0 Å². The van der Waals surface area contributed by atoms with Crippen molar-refractivity contribution in [3.63, 3.8) is 0 Å². The topological polar surface area (TPSA) is 119 Å². The molecule has 0 spiro atoms. The number of rotatable bonds is 4. The Kier molecular flexibility index (Phi) is 7.65. The van der Waals surface area contributed by atoms with Gasteiger partial charge in [0.25, 0.3) is 0 Å². The van der Waals surface area contributed by atoms with Gasteiger partial charge in [0, 0.05) is 12.6 Å². The van der Waals surface area contributed by atoms with E-state index in [2.05, 4.69) is 5.32 Å². The zero-order chi connectivity index (χ0) is 18.8. The molecule has 2 aromatic rings. The molecule has 1 amide bonds. The Morgan fingerprint density at radius 2 is 1.68 bits per heavy atom. The molecule has 2 rings (SSSR count). The van der Waals surface area contributed by atoms with E-state index in [1.165, 1.54) is 13.0 Å². The number of nitrogen functional groups attached to an aromatic ring is 1. The van der Waals surface area contributed by atoms with Gasteiger partial charge in [-0.05, 0) is 43.3 Å². The largest absolute Gasteiger partial charge is 0.478 e. The molecule has 4 N–H and O–H groups in total. The first kappa shape index (κ1) is 19.7. The number of carboxylic acid groups (broad SMARTS) is 1. The van der Waals surface area contributed by atoms with Crippen LogP contribution in [0.15, 0.2) is 48.5 Å². The second-order valence-electron chi connectivity index (χ2n) is 4.87. The number of para-hydroxylation sites is 1. The van der Waals surface area contributed by atoms with E-state index in [1.54, 1.807) is 49.4 Å². The van der Waals surface area contributed by atoms with Crippen LogP contribution in [0, 0.1) is 0 Å². The third-order valence-electron chi connectivity index (χ3n) is 2.89. The number of nitrogens with two attached hydrogens (primary N) is 1. The number of carbonyl (C=O) groups is 3. The zero-order valence-corrected chi connectivity index (χ0v) is 14.0. The predicted molar refractivity (Wildman–Crippen MR) is 94.5 cm³/mol. The van der Waals surface area contributed by atoms with Crippen LogP contribution in [0.25, 0.3) is 0 Å². The molecule has 132 valence electrons. The van der Waals surface area contributed by atoms with Gasteiger partial charge >= 0.3 is 11.9 Å². The van der Waals surface area contributed by atoms with E-state index in [1.807, 2.05) is 0 Å². The molecule has 0 atom stereocenters. The number of anilines is 2. The number of aromatic carboxylic acids is 1. The van der Waals surface area contributed by atoms with Gasteiger partial charge in [0.15, 0.2) is 0 Å². The summed E-state index contributed by atoms with van der Waals surface area (Å²) in [5, 5.41) is 11.2. The second kappa shape index (κ2) is 9.71. The van der Waals surface area contributed by atoms with E-state index in [-0.39, 0.29) is 17.4 Å². The molecule has 0 bridgehead atoms. The number of benzene rings is 2. The third-order valence-corrected chi connectivity index (χ3v) is 2.89. The van der Waals surface area contributed by atoms with Crippen molar-refractivity contribution < 1.29 is 24.2 Å². The molecule has 0 saturated carbocycles. The Hall–Kier alpha value is -3.35. The second-order valence-corrected chi connectivity index (χ2v) is 4.87. The number of amides is 1. The molecule has 0 saturated heterocycles. The van der Waals surface area contributed by atoms with Crippen molar-refractivity contribution in [3.8, 4) is 0 Å². The van der Waals surface area contributed by atoms with Crippen LogP contribution in [0.4, 0.5) is 11.4 Å². The van der Waals surface area contributed by atoms with Gasteiger partial charge in [0.05, 0.1) is 23.4 Å². The van der Waals surface area contributed by atoms with Crippen LogP contribution in [0.3, 0.4) is 0 Å². The van der Waals surface area contributed by atoms with Crippen molar-refractivity contribution in [2.45, 2.75) is 13.8 Å². The van der Waals surface area contributed by atoms with Crippen LogP contribution in [0.1, 0.15) is 34.6 Å². The molecule has 7 nitrogen and oxygen atoms in total. The average molecular weight is 344 g/mol. The van der Waals surface area contributed by atoms with Gasteiger partial charge in [0.2, 0.25) is 5.91 Å². The Bertz CT molecular complexity index is 741. The molecular formula is C18H20N2O5. The predicted octanol–water partition coefficient (Wildman–Crippen LogP) is 2.79. The van der Waals surface area contributed by atoms with Gasteiger partial charge in [-0.1, -0.05) is 12.1 Å². The number of nitrogens with one attached hydrogen (secondary N) is 1. The molecule has 25 heavy (non-hydrogen) atoms. The van der Waals surface area contributed by atoms with Crippen molar-refractivity contribution in [2.75, 3.05) is 17.7 Å². The van der Waals surface area contributed by atoms with E-state index < -0.39 is 5.97 Å². The fourth-order valence-electron chi connectivity index (χ4n) is 1.80.